The maximum absolute atomic E-state index is 6.13. The molecule has 0 N–H and O–H groups in total. The van der Waals surface area contributed by atoms with Gasteiger partial charge in [-0.2, -0.15) is 0 Å². The summed E-state index contributed by atoms with van der Waals surface area (Å²) in [7, 11) is 0. The molecule has 2 aliphatic heterocycles. The van der Waals surface area contributed by atoms with E-state index in [1.807, 2.05) is 31.2 Å². The van der Waals surface area contributed by atoms with Gasteiger partial charge in [-0.25, -0.2) is 4.98 Å². The standard InChI is InChI=1S/C20H25N3O3/c1-14-13-17(5-8-21-14)26-16-6-9-23(10-7-16)15(2)18-3-4-19-20(22-18)25-12-11-24-19/h3-5,8,13,15-16H,6-7,9-12H2,1-2H3. The van der Waals surface area contributed by atoms with Crippen molar-refractivity contribution in [1.82, 2.24) is 14.9 Å². The fourth-order valence-electron chi connectivity index (χ4n) is 3.53. The second kappa shape index (κ2) is 7.50. The molecule has 2 aliphatic rings. The van der Waals surface area contributed by atoms with Crippen molar-refractivity contribution < 1.29 is 14.2 Å². The van der Waals surface area contributed by atoms with Gasteiger partial charge >= 0.3 is 0 Å². The first-order valence-corrected chi connectivity index (χ1v) is 9.29. The molecule has 4 heterocycles. The van der Waals surface area contributed by atoms with Crippen molar-refractivity contribution >= 4 is 0 Å². The second-order valence-electron chi connectivity index (χ2n) is 6.90. The molecule has 1 atom stereocenters. The molecule has 0 radical (unpaired) electrons. The Labute approximate surface area is 154 Å². The van der Waals surface area contributed by atoms with Crippen LogP contribution in [0.5, 0.6) is 17.4 Å². The lowest BCUT2D eigenvalue weighted by molar-refractivity contribution is 0.0780. The quantitative estimate of drug-likeness (QED) is 0.840. The lowest BCUT2D eigenvalue weighted by atomic mass is 10.0. The number of ether oxygens (including phenoxy) is 3. The van der Waals surface area contributed by atoms with Gasteiger partial charge in [0.15, 0.2) is 5.75 Å². The minimum atomic E-state index is 0.245. The van der Waals surface area contributed by atoms with Crippen molar-refractivity contribution in [2.45, 2.75) is 38.8 Å². The molecule has 2 aromatic heterocycles. The van der Waals surface area contributed by atoms with Crippen LogP contribution in [0.3, 0.4) is 0 Å². The molecule has 1 saturated heterocycles. The zero-order valence-corrected chi connectivity index (χ0v) is 15.4. The van der Waals surface area contributed by atoms with Crippen LogP contribution in [0.4, 0.5) is 0 Å². The van der Waals surface area contributed by atoms with Gasteiger partial charge in [-0.15, -0.1) is 0 Å². The van der Waals surface area contributed by atoms with Gasteiger partial charge in [0.2, 0.25) is 0 Å². The van der Waals surface area contributed by atoms with Gasteiger partial charge in [0, 0.05) is 37.1 Å². The van der Waals surface area contributed by atoms with E-state index in [4.69, 9.17) is 14.2 Å². The van der Waals surface area contributed by atoms with Gasteiger partial charge in [-0.3, -0.25) is 9.88 Å². The first-order chi connectivity index (χ1) is 12.7. The first kappa shape index (κ1) is 17.1. The van der Waals surface area contributed by atoms with Crippen LogP contribution < -0.4 is 14.2 Å². The summed E-state index contributed by atoms with van der Waals surface area (Å²) in [5, 5.41) is 0. The van der Waals surface area contributed by atoms with E-state index in [0.717, 1.165) is 48.8 Å². The SMILES string of the molecule is Cc1cc(OC2CCN(C(C)c3ccc4c(n3)OCCO4)CC2)ccn1. The highest BCUT2D eigenvalue weighted by molar-refractivity contribution is 5.36. The van der Waals surface area contributed by atoms with Crippen molar-refractivity contribution in [2.75, 3.05) is 26.3 Å². The third kappa shape index (κ3) is 3.75. The number of fused-ring (bicyclic) bond motifs is 1. The van der Waals surface area contributed by atoms with Crippen LogP contribution in [0.1, 0.15) is 37.2 Å². The molecule has 1 fully saturated rings. The Balaban J connectivity index is 1.35. The van der Waals surface area contributed by atoms with E-state index in [9.17, 15) is 0 Å². The van der Waals surface area contributed by atoms with Crippen LogP contribution in [-0.2, 0) is 0 Å². The van der Waals surface area contributed by atoms with Gasteiger partial charge in [0.25, 0.3) is 5.88 Å². The number of pyridine rings is 2. The monoisotopic (exact) mass is 355 g/mol. The van der Waals surface area contributed by atoms with E-state index in [0.29, 0.717) is 19.1 Å². The number of aromatic nitrogens is 2. The molecule has 4 rings (SSSR count). The number of likely N-dealkylation sites (tertiary alicyclic amines) is 1. The molecule has 138 valence electrons. The van der Waals surface area contributed by atoms with Crippen LogP contribution in [0, 0.1) is 6.92 Å². The Kier molecular flexibility index (Phi) is 4.93. The van der Waals surface area contributed by atoms with Crippen molar-refractivity contribution in [3.63, 3.8) is 0 Å². The molecule has 0 spiro atoms. The zero-order valence-electron chi connectivity index (χ0n) is 15.4. The summed E-state index contributed by atoms with van der Waals surface area (Å²) in [5.41, 5.74) is 2.01. The summed E-state index contributed by atoms with van der Waals surface area (Å²) in [6.45, 7) is 7.32. The highest BCUT2D eigenvalue weighted by Crippen LogP contribution is 2.32. The molecule has 6 nitrogen and oxygen atoms in total. The molecular weight excluding hydrogens is 330 g/mol. The van der Waals surface area contributed by atoms with Crippen LogP contribution in [-0.4, -0.2) is 47.3 Å². The van der Waals surface area contributed by atoms with Gasteiger partial charge in [-0.05, 0) is 44.9 Å². The van der Waals surface area contributed by atoms with Crippen molar-refractivity contribution in [2.24, 2.45) is 0 Å². The molecule has 0 aromatic carbocycles. The maximum atomic E-state index is 6.13. The van der Waals surface area contributed by atoms with Crippen molar-refractivity contribution in [3.8, 4) is 17.4 Å². The van der Waals surface area contributed by atoms with Crippen LogP contribution >= 0.6 is 0 Å². The third-order valence-corrected chi connectivity index (χ3v) is 5.05. The lowest BCUT2D eigenvalue weighted by Gasteiger charge is -2.36. The van der Waals surface area contributed by atoms with Gasteiger partial charge in [0.05, 0.1) is 5.69 Å². The number of hydrogen-bond donors (Lipinski definition) is 0. The molecule has 26 heavy (non-hydrogen) atoms. The largest absolute Gasteiger partial charge is 0.490 e. The normalized spacial score (nSPS) is 19.2. The van der Waals surface area contributed by atoms with E-state index >= 15 is 0 Å². The average molecular weight is 355 g/mol. The van der Waals surface area contributed by atoms with Crippen LogP contribution in [0.2, 0.25) is 0 Å². The maximum Gasteiger partial charge on any atom is 0.257 e. The topological polar surface area (TPSA) is 56.7 Å². The second-order valence-corrected chi connectivity index (χ2v) is 6.90. The number of aryl methyl sites for hydroxylation is 1. The molecule has 0 bridgehead atoms. The summed E-state index contributed by atoms with van der Waals surface area (Å²) in [6.07, 6.45) is 4.08. The van der Waals surface area contributed by atoms with Gasteiger partial charge in [0.1, 0.15) is 25.1 Å². The number of hydrogen-bond acceptors (Lipinski definition) is 6. The highest BCUT2D eigenvalue weighted by Gasteiger charge is 2.26. The van der Waals surface area contributed by atoms with E-state index in [1.165, 1.54) is 0 Å². The Hall–Kier alpha value is -2.34. The summed E-state index contributed by atoms with van der Waals surface area (Å²) in [4.78, 5) is 11.3. The average Bonchev–Trinajstić information content (AvgIpc) is 2.68. The number of nitrogens with zero attached hydrogens (tertiary/aromatic N) is 3. The van der Waals surface area contributed by atoms with Gasteiger partial charge < -0.3 is 14.2 Å². The molecule has 6 heteroatoms. The summed E-state index contributed by atoms with van der Waals surface area (Å²) >= 11 is 0. The van der Waals surface area contributed by atoms with E-state index < -0.39 is 0 Å². The molecule has 2 aromatic rings. The Morgan fingerprint density at radius 3 is 2.77 bits per heavy atom. The molecule has 1 unspecified atom stereocenters. The van der Waals surface area contributed by atoms with Crippen molar-refractivity contribution in [3.05, 3.63) is 41.9 Å². The molecule has 0 saturated carbocycles. The Morgan fingerprint density at radius 1 is 1.15 bits per heavy atom. The fourth-order valence-corrected chi connectivity index (χ4v) is 3.53. The lowest BCUT2D eigenvalue weighted by Crippen LogP contribution is -2.39. The predicted octanol–water partition coefficient (Wildman–Crippen LogP) is 3.16. The fraction of sp³-hybridized carbons (Fsp3) is 0.500. The minimum Gasteiger partial charge on any atom is -0.490 e. The first-order valence-electron chi connectivity index (χ1n) is 9.29. The third-order valence-electron chi connectivity index (χ3n) is 5.05. The smallest absolute Gasteiger partial charge is 0.257 e. The van der Waals surface area contributed by atoms with E-state index in [-0.39, 0.29) is 12.1 Å². The number of piperidine rings is 1. The molecule has 0 aliphatic carbocycles. The zero-order chi connectivity index (χ0) is 17.9. The predicted molar refractivity (Wildman–Crippen MR) is 97.8 cm³/mol. The Bertz CT molecular complexity index is 760. The van der Waals surface area contributed by atoms with Crippen LogP contribution in [0.15, 0.2) is 30.5 Å². The summed E-state index contributed by atoms with van der Waals surface area (Å²) < 4.78 is 17.3. The Morgan fingerprint density at radius 2 is 1.96 bits per heavy atom. The summed E-state index contributed by atoms with van der Waals surface area (Å²) in [6, 6.07) is 8.18. The minimum absolute atomic E-state index is 0.245. The van der Waals surface area contributed by atoms with E-state index in [2.05, 4.69) is 21.8 Å². The summed E-state index contributed by atoms with van der Waals surface area (Å²) in [5.74, 6) is 2.27. The molecule has 0 amide bonds. The van der Waals surface area contributed by atoms with E-state index in [1.54, 1.807) is 6.20 Å². The van der Waals surface area contributed by atoms with Gasteiger partial charge in [-0.1, -0.05) is 0 Å². The van der Waals surface area contributed by atoms with Crippen molar-refractivity contribution in [1.29, 1.82) is 0 Å². The van der Waals surface area contributed by atoms with Crippen LogP contribution in [0.25, 0.3) is 0 Å². The highest BCUT2D eigenvalue weighted by atomic mass is 16.6. The molecular formula is C20H25N3O3. The number of rotatable bonds is 4.